The molecule has 5 rings (SSSR count). The number of likely N-dealkylation sites (N-methyl/N-ethyl adjacent to an activating group) is 1. The molecule has 6 nitrogen and oxygen atoms in total. The Morgan fingerprint density at radius 2 is 1.70 bits per heavy atom. The van der Waals surface area contributed by atoms with Gasteiger partial charge in [0.1, 0.15) is 0 Å². The maximum atomic E-state index is 13.2. The predicted molar refractivity (Wildman–Crippen MR) is 146 cm³/mol. The van der Waals surface area contributed by atoms with E-state index < -0.39 is 10.0 Å². The lowest BCUT2D eigenvalue weighted by Gasteiger charge is -2.40. The second kappa shape index (κ2) is 10.6. The SMILES string of the molecule is CN(CC(CCN1CCC2(CC1)NC(=O)c1ccccc12)c1cccc(Cl)c1)S(=O)(=O)c1ccccc1. The van der Waals surface area contributed by atoms with E-state index in [4.69, 9.17) is 11.6 Å². The van der Waals surface area contributed by atoms with Crippen molar-refractivity contribution >= 4 is 27.5 Å². The highest BCUT2D eigenvalue weighted by Crippen LogP contribution is 2.39. The highest BCUT2D eigenvalue weighted by Gasteiger charge is 2.44. The van der Waals surface area contributed by atoms with Crippen molar-refractivity contribution in [3.63, 3.8) is 0 Å². The molecule has 3 aromatic rings. The molecule has 0 radical (unpaired) electrons. The fraction of sp³-hybridized carbons (Fsp3) is 0.345. The van der Waals surface area contributed by atoms with E-state index in [0.29, 0.717) is 16.5 Å². The van der Waals surface area contributed by atoms with Gasteiger partial charge in [-0.05, 0) is 73.2 Å². The van der Waals surface area contributed by atoms with Gasteiger partial charge in [-0.15, -0.1) is 0 Å². The number of carbonyl (C=O) groups excluding carboxylic acids is 1. The molecule has 1 fully saturated rings. The first-order valence-corrected chi connectivity index (χ1v) is 14.5. The summed E-state index contributed by atoms with van der Waals surface area (Å²) in [5.41, 5.74) is 2.66. The monoisotopic (exact) mass is 537 g/mol. The zero-order chi connectivity index (χ0) is 26.0. The van der Waals surface area contributed by atoms with E-state index in [-0.39, 0.29) is 17.4 Å². The van der Waals surface area contributed by atoms with Gasteiger partial charge >= 0.3 is 0 Å². The first-order valence-electron chi connectivity index (χ1n) is 12.7. The van der Waals surface area contributed by atoms with Gasteiger partial charge in [-0.3, -0.25) is 4.79 Å². The van der Waals surface area contributed by atoms with Gasteiger partial charge in [0.15, 0.2) is 0 Å². The fourth-order valence-electron chi connectivity index (χ4n) is 5.65. The fourth-order valence-corrected chi connectivity index (χ4v) is 7.08. The Morgan fingerprint density at radius 3 is 2.43 bits per heavy atom. The van der Waals surface area contributed by atoms with Crippen LogP contribution in [-0.2, 0) is 15.6 Å². The van der Waals surface area contributed by atoms with Crippen LogP contribution in [0, 0.1) is 0 Å². The largest absolute Gasteiger partial charge is 0.342 e. The summed E-state index contributed by atoms with van der Waals surface area (Å²) in [6.07, 6.45) is 2.52. The number of fused-ring (bicyclic) bond motifs is 2. The van der Waals surface area contributed by atoms with Crippen molar-refractivity contribution in [3.05, 3.63) is 101 Å². The highest BCUT2D eigenvalue weighted by molar-refractivity contribution is 7.89. The standard InChI is InChI=1S/C29H32ClN3O3S/c1-32(37(35,36)25-10-3-2-4-11-25)21-23(22-8-7-9-24(30)20-22)14-17-33-18-15-29(16-19-33)27-13-6-5-12-26(27)28(34)31-29/h2-13,20,23H,14-19,21H2,1H3,(H,31,34). The van der Waals surface area contributed by atoms with Gasteiger partial charge in [-0.2, -0.15) is 0 Å². The van der Waals surface area contributed by atoms with Crippen LogP contribution in [0.4, 0.5) is 0 Å². The third-order valence-electron chi connectivity index (χ3n) is 7.79. The van der Waals surface area contributed by atoms with E-state index in [1.165, 1.54) is 4.31 Å². The summed E-state index contributed by atoms with van der Waals surface area (Å²) in [6.45, 7) is 2.94. The number of hydrogen-bond acceptors (Lipinski definition) is 4. The molecule has 1 spiro atoms. The summed E-state index contributed by atoms with van der Waals surface area (Å²) in [6, 6.07) is 24.2. The number of sulfonamides is 1. The van der Waals surface area contributed by atoms with Crippen molar-refractivity contribution in [1.82, 2.24) is 14.5 Å². The van der Waals surface area contributed by atoms with E-state index in [1.807, 2.05) is 48.5 Å². The number of hydrogen-bond donors (Lipinski definition) is 1. The van der Waals surface area contributed by atoms with Crippen LogP contribution >= 0.6 is 11.6 Å². The van der Waals surface area contributed by atoms with Crippen LogP contribution in [0.3, 0.4) is 0 Å². The molecule has 1 amide bonds. The summed E-state index contributed by atoms with van der Waals surface area (Å²) in [7, 11) is -1.95. The minimum absolute atomic E-state index is 0.00927. The molecule has 8 heteroatoms. The molecule has 0 aliphatic carbocycles. The third kappa shape index (κ3) is 5.32. The molecule has 0 bridgehead atoms. The Hall–Kier alpha value is -2.71. The number of amides is 1. The Labute approximate surface area is 224 Å². The van der Waals surface area contributed by atoms with Gasteiger partial charge in [0.05, 0.1) is 10.4 Å². The van der Waals surface area contributed by atoms with Gasteiger partial charge < -0.3 is 10.2 Å². The molecule has 2 aliphatic rings. The van der Waals surface area contributed by atoms with E-state index >= 15 is 0 Å². The predicted octanol–water partition coefficient (Wildman–Crippen LogP) is 4.87. The maximum Gasteiger partial charge on any atom is 0.252 e. The average Bonchev–Trinajstić information content (AvgIpc) is 3.19. The Kier molecular flexibility index (Phi) is 7.41. The molecule has 0 saturated carbocycles. The number of nitrogens with zero attached hydrogens (tertiary/aromatic N) is 2. The molecule has 2 heterocycles. The van der Waals surface area contributed by atoms with Crippen molar-refractivity contribution in [2.75, 3.05) is 33.2 Å². The second-order valence-corrected chi connectivity index (χ2v) is 12.5. The van der Waals surface area contributed by atoms with E-state index in [1.54, 1.807) is 31.3 Å². The highest BCUT2D eigenvalue weighted by atomic mass is 35.5. The van der Waals surface area contributed by atoms with Crippen LogP contribution in [0.15, 0.2) is 83.8 Å². The Bertz CT molecular complexity index is 1370. The molecule has 1 saturated heterocycles. The summed E-state index contributed by atoms with van der Waals surface area (Å²) in [4.78, 5) is 15.2. The lowest BCUT2D eigenvalue weighted by molar-refractivity contribution is 0.0860. The van der Waals surface area contributed by atoms with Crippen molar-refractivity contribution in [1.29, 1.82) is 0 Å². The number of nitrogens with one attached hydrogen (secondary N) is 1. The number of carbonyl (C=O) groups is 1. The molecule has 194 valence electrons. The summed E-state index contributed by atoms with van der Waals surface area (Å²) in [5, 5.41) is 3.90. The van der Waals surface area contributed by atoms with Gasteiger partial charge in [0, 0.05) is 37.3 Å². The number of likely N-dealkylation sites (tertiary alicyclic amines) is 1. The summed E-state index contributed by atoms with van der Waals surface area (Å²) in [5.74, 6) is 0.0118. The van der Waals surface area contributed by atoms with E-state index in [9.17, 15) is 13.2 Å². The molecular weight excluding hydrogens is 506 g/mol. The van der Waals surface area contributed by atoms with Crippen LogP contribution in [0.2, 0.25) is 5.02 Å². The minimum atomic E-state index is -3.60. The van der Waals surface area contributed by atoms with Crippen LogP contribution in [-0.4, -0.2) is 56.8 Å². The van der Waals surface area contributed by atoms with Crippen LogP contribution < -0.4 is 5.32 Å². The van der Waals surface area contributed by atoms with Gasteiger partial charge in [0.25, 0.3) is 5.91 Å². The average molecular weight is 538 g/mol. The Morgan fingerprint density at radius 1 is 1.00 bits per heavy atom. The van der Waals surface area contributed by atoms with Gasteiger partial charge in [-0.25, -0.2) is 12.7 Å². The summed E-state index contributed by atoms with van der Waals surface area (Å²) < 4.78 is 27.8. The van der Waals surface area contributed by atoms with Crippen molar-refractivity contribution in [3.8, 4) is 0 Å². The smallest absolute Gasteiger partial charge is 0.252 e. The number of benzene rings is 3. The number of piperidine rings is 1. The maximum absolute atomic E-state index is 13.2. The van der Waals surface area contributed by atoms with Crippen LogP contribution in [0.5, 0.6) is 0 Å². The van der Waals surface area contributed by atoms with Crippen LogP contribution in [0.1, 0.15) is 46.7 Å². The normalized spacial score (nSPS) is 18.1. The molecule has 1 N–H and O–H groups in total. The molecule has 2 aliphatic heterocycles. The molecule has 3 aromatic carbocycles. The molecule has 1 atom stereocenters. The molecule has 1 unspecified atom stereocenters. The lowest BCUT2D eigenvalue weighted by Crippen LogP contribution is -2.49. The van der Waals surface area contributed by atoms with Gasteiger partial charge in [0.2, 0.25) is 10.0 Å². The first-order chi connectivity index (χ1) is 17.8. The zero-order valence-corrected chi connectivity index (χ0v) is 22.5. The molecule has 37 heavy (non-hydrogen) atoms. The van der Waals surface area contributed by atoms with Crippen molar-refractivity contribution in [2.24, 2.45) is 0 Å². The summed E-state index contributed by atoms with van der Waals surface area (Å²) >= 11 is 6.31. The zero-order valence-electron chi connectivity index (χ0n) is 20.9. The van der Waals surface area contributed by atoms with Crippen LogP contribution in [0.25, 0.3) is 0 Å². The molecule has 0 aromatic heterocycles. The second-order valence-electron chi connectivity index (χ2n) is 10.1. The first kappa shape index (κ1) is 25.9. The minimum Gasteiger partial charge on any atom is -0.342 e. The number of rotatable bonds is 8. The van der Waals surface area contributed by atoms with Gasteiger partial charge in [-0.1, -0.05) is 60.1 Å². The lowest BCUT2D eigenvalue weighted by atomic mass is 9.81. The van der Waals surface area contributed by atoms with Crippen molar-refractivity contribution in [2.45, 2.75) is 35.6 Å². The topological polar surface area (TPSA) is 69.7 Å². The molecular formula is C29H32ClN3O3S. The third-order valence-corrected chi connectivity index (χ3v) is 9.87. The quantitative estimate of drug-likeness (QED) is 0.445. The van der Waals surface area contributed by atoms with E-state index in [2.05, 4.69) is 16.3 Å². The number of halogens is 1. The van der Waals surface area contributed by atoms with E-state index in [0.717, 1.165) is 55.6 Å². The van der Waals surface area contributed by atoms with Crippen molar-refractivity contribution < 1.29 is 13.2 Å². The Balaban J connectivity index is 1.27.